The Morgan fingerprint density at radius 3 is 2.58 bits per heavy atom. The van der Waals surface area contributed by atoms with Crippen LogP contribution in [0, 0.1) is 13.8 Å². The van der Waals surface area contributed by atoms with E-state index in [2.05, 4.69) is 4.98 Å². The van der Waals surface area contributed by atoms with Gasteiger partial charge in [-0.15, -0.1) is 0 Å². The molecule has 1 aromatic heterocycles. The zero-order valence-electron chi connectivity index (χ0n) is 11.4. The molecule has 0 saturated carbocycles. The second-order valence-corrected chi connectivity index (χ2v) is 4.02. The van der Waals surface area contributed by atoms with Gasteiger partial charge in [-0.05, 0) is 25.5 Å². The number of aryl methyl sites for hydroxylation is 2. The van der Waals surface area contributed by atoms with Crippen molar-refractivity contribution in [1.29, 1.82) is 0 Å². The van der Waals surface area contributed by atoms with E-state index in [1.54, 1.807) is 27.0 Å². The average Bonchev–Trinajstić information content (AvgIpc) is 2.32. The molecule has 0 amide bonds. The molecule has 0 spiro atoms. The summed E-state index contributed by atoms with van der Waals surface area (Å²) < 4.78 is 15.4. The van der Waals surface area contributed by atoms with E-state index in [0.717, 1.165) is 5.69 Å². The molecule has 0 fully saturated rings. The minimum atomic E-state index is -1.04. The van der Waals surface area contributed by atoms with E-state index in [9.17, 15) is 4.79 Å². The molecule has 1 rings (SSSR count). The number of rotatable bonds is 8. The minimum absolute atomic E-state index is 0.0995. The van der Waals surface area contributed by atoms with Crippen LogP contribution in [0.1, 0.15) is 21.6 Å². The Balaban J connectivity index is 2.59. The van der Waals surface area contributed by atoms with E-state index < -0.39 is 5.97 Å². The molecule has 6 nitrogen and oxygen atoms in total. The maximum absolute atomic E-state index is 11.2. The first kappa shape index (κ1) is 15.4. The highest BCUT2D eigenvalue weighted by atomic mass is 16.5. The van der Waals surface area contributed by atoms with Gasteiger partial charge in [-0.2, -0.15) is 0 Å². The highest BCUT2D eigenvalue weighted by molar-refractivity contribution is 5.91. The lowest BCUT2D eigenvalue weighted by molar-refractivity contribution is 0.0526. The van der Waals surface area contributed by atoms with Crippen LogP contribution in [-0.2, 0) is 9.47 Å². The molecule has 1 aromatic rings. The van der Waals surface area contributed by atoms with Crippen LogP contribution in [-0.4, -0.2) is 49.6 Å². The smallest absolute Gasteiger partial charge is 0.341 e. The molecule has 0 aromatic carbocycles. The molecule has 1 heterocycles. The maximum atomic E-state index is 11.2. The van der Waals surface area contributed by atoms with Crippen LogP contribution in [0.2, 0.25) is 0 Å². The molecule has 0 aliphatic rings. The van der Waals surface area contributed by atoms with E-state index in [1.165, 1.54) is 0 Å². The van der Waals surface area contributed by atoms with Gasteiger partial charge in [0.05, 0.1) is 19.8 Å². The SMILES string of the molecule is COCCOCCOc1nc(C)cc(C)c1C(=O)O. The summed E-state index contributed by atoms with van der Waals surface area (Å²) in [7, 11) is 1.60. The Morgan fingerprint density at radius 2 is 1.95 bits per heavy atom. The van der Waals surface area contributed by atoms with Crippen molar-refractivity contribution in [3.05, 3.63) is 22.9 Å². The monoisotopic (exact) mass is 269 g/mol. The third-order valence-electron chi connectivity index (χ3n) is 2.42. The van der Waals surface area contributed by atoms with Gasteiger partial charge < -0.3 is 19.3 Å². The summed E-state index contributed by atoms with van der Waals surface area (Å²) in [6, 6.07) is 1.71. The topological polar surface area (TPSA) is 77.9 Å². The van der Waals surface area contributed by atoms with Gasteiger partial charge in [-0.25, -0.2) is 9.78 Å². The number of carbonyl (C=O) groups is 1. The van der Waals surface area contributed by atoms with Crippen molar-refractivity contribution in [3.8, 4) is 5.88 Å². The normalized spacial score (nSPS) is 10.5. The number of ether oxygens (including phenoxy) is 3. The van der Waals surface area contributed by atoms with Crippen LogP contribution in [0.15, 0.2) is 6.07 Å². The van der Waals surface area contributed by atoms with Crippen molar-refractivity contribution < 1.29 is 24.1 Å². The molecule has 106 valence electrons. The van der Waals surface area contributed by atoms with Gasteiger partial charge in [-0.3, -0.25) is 0 Å². The quantitative estimate of drug-likeness (QED) is 0.719. The molecule has 0 aliphatic heterocycles. The molecule has 0 radical (unpaired) electrons. The summed E-state index contributed by atoms with van der Waals surface area (Å²) in [5, 5.41) is 9.14. The van der Waals surface area contributed by atoms with Crippen LogP contribution < -0.4 is 4.74 Å². The average molecular weight is 269 g/mol. The molecular weight excluding hydrogens is 250 g/mol. The molecule has 19 heavy (non-hydrogen) atoms. The summed E-state index contributed by atoms with van der Waals surface area (Å²) in [5.41, 5.74) is 1.45. The van der Waals surface area contributed by atoms with Crippen LogP contribution in [0.25, 0.3) is 0 Å². The van der Waals surface area contributed by atoms with Crippen LogP contribution >= 0.6 is 0 Å². The third-order valence-corrected chi connectivity index (χ3v) is 2.42. The number of hydrogen-bond donors (Lipinski definition) is 1. The van der Waals surface area contributed by atoms with Gasteiger partial charge in [0, 0.05) is 12.8 Å². The molecule has 0 atom stereocenters. The van der Waals surface area contributed by atoms with Gasteiger partial charge in [-0.1, -0.05) is 0 Å². The maximum Gasteiger partial charge on any atom is 0.341 e. The van der Waals surface area contributed by atoms with E-state index >= 15 is 0 Å². The molecule has 0 saturated heterocycles. The lowest BCUT2D eigenvalue weighted by Crippen LogP contribution is -2.13. The van der Waals surface area contributed by atoms with Crippen molar-refractivity contribution in [3.63, 3.8) is 0 Å². The first-order valence-corrected chi connectivity index (χ1v) is 5.97. The first-order valence-electron chi connectivity index (χ1n) is 5.97. The first-order chi connectivity index (χ1) is 9.06. The highest BCUT2D eigenvalue weighted by Gasteiger charge is 2.16. The van der Waals surface area contributed by atoms with Gasteiger partial charge in [0.25, 0.3) is 0 Å². The van der Waals surface area contributed by atoms with E-state index in [-0.39, 0.29) is 18.1 Å². The van der Waals surface area contributed by atoms with Crippen LogP contribution in [0.3, 0.4) is 0 Å². The predicted molar refractivity (Wildman–Crippen MR) is 68.9 cm³/mol. The predicted octanol–water partition coefficient (Wildman–Crippen LogP) is 1.44. The Hall–Kier alpha value is -1.66. The van der Waals surface area contributed by atoms with E-state index in [1.807, 2.05) is 0 Å². The number of pyridine rings is 1. The summed E-state index contributed by atoms with van der Waals surface area (Å²) in [5.74, 6) is -0.902. The zero-order chi connectivity index (χ0) is 14.3. The highest BCUT2D eigenvalue weighted by Crippen LogP contribution is 2.20. The number of carboxylic acid groups (broad SMARTS) is 1. The standard InChI is InChI=1S/C13H19NO5/c1-9-8-10(2)14-12(11(9)13(15)16)19-7-6-18-5-4-17-3/h8H,4-7H2,1-3H3,(H,15,16). The third kappa shape index (κ3) is 4.84. The summed E-state index contributed by atoms with van der Waals surface area (Å²) >= 11 is 0. The van der Waals surface area contributed by atoms with Gasteiger partial charge in [0.1, 0.15) is 12.2 Å². The summed E-state index contributed by atoms with van der Waals surface area (Å²) in [6.45, 7) is 5.12. The minimum Gasteiger partial charge on any atom is -0.477 e. The molecular formula is C13H19NO5. The van der Waals surface area contributed by atoms with Crippen molar-refractivity contribution in [2.45, 2.75) is 13.8 Å². The molecule has 6 heteroatoms. The number of aromatic carboxylic acids is 1. The van der Waals surface area contributed by atoms with Crippen LogP contribution in [0.4, 0.5) is 0 Å². The number of methoxy groups -OCH3 is 1. The largest absolute Gasteiger partial charge is 0.477 e. The van der Waals surface area contributed by atoms with Gasteiger partial charge in [0.15, 0.2) is 0 Å². The number of aromatic nitrogens is 1. The Morgan fingerprint density at radius 1 is 1.26 bits per heavy atom. The Labute approximate surface area is 112 Å². The fourth-order valence-corrected chi connectivity index (χ4v) is 1.61. The van der Waals surface area contributed by atoms with Crippen LogP contribution in [0.5, 0.6) is 5.88 Å². The molecule has 0 bridgehead atoms. The summed E-state index contributed by atoms with van der Waals surface area (Å²) in [4.78, 5) is 15.3. The van der Waals surface area contributed by atoms with Crippen molar-refractivity contribution in [2.75, 3.05) is 33.5 Å². The van der Waals surface area contributed by atoms with Crippen molar-refractivity contribution in [1.82, 2.24) is 4.98 Å². The van der Waals surface area contributed by atoms with Crippen molar-refractivity contribution in [2.24, 2.45) is 0 Å². The second kappa shape index (κ2) is 7.70. The zero-order valence-corrected chi connectivity index (χ0v) is 11.4. The van der Waals surface area contributed by atoms with Gasteiger partial charge in [0.2, 0.25) is 5.88 Å². The fourth-order valence-electron chi connectivity index (χ4n) is 1.61. The second-order valence-electron chi connectivity index (χ2n) is 4.02. The lowest BCUT2D eigenvalue weighted by atomic mass is 10.1. The van der Waals surface area contributed by atoms with E-state index in [0.29, 0.717) is 25.4 Å². The summed E-state index contributed by atoms with van der Waals surface area (Å²) in [6.07, 6.45) is 0. The number of hydrogen-bond acceptors (Lipinski definition) is 5. The molecule has 0 aliphatic carbocycles. The number of nitrogens with zero attached hydrogens (tertiary/aromatic N) is 1. The number of carboxylic acids is 1. The Bertz CT molecular complexity index is 433. The van der Waals surface area contributed by atoms with E-state index in [4.69, 9.17) is 19.3 Å². The molecule has 0 unspecified atom stereocenters. The molecule has 1 N–H and O–H groups in total. The van der Waals surface area contributed by atoms with Gasteiger partial charge >= 0.3 is 5.97 Å². The Kier molecular flexibility index (Phi) is 6.24. The van der Waals surface area contributed by atoms with Crippen molar-refractivity contribution >= 4 is 5.97 Å². The lowest BCUT2D eigenvalue weighted by Gasteiger charge is -2.11. The fraction of sp³-hybridized carbons (Fsp3) is 0.538.